The molecule has 2 rings (SSSR count). The van der Waals surface area contributed by atoms with Crippen LogP contribution in [0.25, 0.3) is 0 Å². The van der Waals surface area contributed by atoms with Gasteiger partial charge in [0.25, 0.3) is 0 Å². The van der Waals surface area contributed by atoms with Gasteiger partial charge in [-0.05, 0) is 49.3 Å². The molecule has 0 amide bonds. The summed E-state index contributed by atoms with van der Waals surface area (Å²) in [6, 6.07) is 8.64. The van der Waals surface area contributed by atoms with Crippen molar-refractivity contribution in [2.24, 2.45) is 11.8 Å². The number of hydrogen-bond donors (Lipinski definition) is 0. The van der Waals surface area contributed by atoms with Crippen molar-refractivity contribution < 1.29 is 4.74 Å². The topological polar surface area (TPSA) is 9.23 Å². The molecule has 0 atom stereocenters. The minimum Gasteiger partial charge on any atom is -0.490 e. The molecule has 0 aromatic heterocycles. The molecule has 0 saturated heterocycles. The summed E-state index contributed by atoms with van der Waals surface area (Å²) in [5.74, 6) is 2.97. The van der Waals surface area contributed by atoms with Crippen LogP contribution in [0.5, 0.6) is 5.75 Å². The summed E-state index contributed by atoms with van der Waals surface area (Å²) in [6.45, 7) is 5.01. The average molecular weight is 300 g/mol. The fourth-order valence-corrected chi connectivity index (χ4v) is 3.62. The number of ether oxygens (including phenoxy) is 1. The predicted molar refractivity (Wildman–Crippen MR) is 95.4 cm³/mol. The van der Waals surface area contributed by atoms with Crippen LogP contribution in [-0.2, 0) is 6.42 Å². The van der Waals surface area contributed by atoms with Gasteiger partial charge in [0, 0.05) is 0 Å². The number of rotatable bonds is 8. The largest absolute Gasteiger partial charge is 0.490 e. The van der Waals surface area contributed by atoms with Gasteiger partial charge in [-0.25, -0.2) is 0 Å². The Hall–Kier alpha value is -1.24. The van der Waals surface area contributed by atoms with E-state index in [2.05, 4.69) is 31.2 Å². The second-order valence-electron chi connectivity index (χ2n) is 6.74. The Morgan fingerprint density at radius 1 is 1.09 bits per heavy atom. The van der Waals surface area contributed by atoms with Crippen molar-refractivity contribution in [1.82, 2.24) is 0 Å². The maximum atomic E-state index is 5.73. The van der Waals surface area contributed by atoms with Crippen molar-refractivity contribution in [2.75, 3.05) is 6.61 Å². The molecule has 0 unspecified atom stereocenters. The molecule has 1 saturated carbocycles. The molecule has 22 heavy (non-hydrogen) atoms. The predicted octanol–water partition coefficient (Wildman–Crippen LogP) is 6.18. The molecular formula is C21H32O. The lowest BCUT2D eigenvalue weighted by Crippen LogP contribution is -2.15. The molecule has 1 aliphatic rings. The van der Waals surface area contributed by atoms with E-state index in [1.165, 1.54) is 56.9 Å². The Bertz CT molecular complexity index is 441. The quantitative estimate of drug-likeness (QED) is 0.521. The molecule has 1 aromatic carbocycles. The molecule has 0 N–H and O–H groups in total. The molecular weight excluding hydrogens is 268 g/mol. The Kier molecular flexibility index (Phi) is 7.56. The summed E-state index contributed by atoms with van der Waals surface area (Å²) in [5, 5.41) is 0. The van der Waals surface area contributed by atoms with E-state index < -0.39 is 0 Å². The van der Waals surface area contributed by atoms with Crippen molar-refractivity contribution in [2.45, 2.75) is 65.2 Å². The first-order valence-electron chi connectivity index (χ1n) is 9.14. The smallest absolute Gasteiger partial charge is 0.120 e. The van der Waals surface area contributed by atoms with Crippen LogP contribution in [0.2, 0.25) is 0 Å². The molecule has 1 aromatic rings. The van der Waals surface area contributed by atoms with Gasteiger partial charge >= 0.3 is 0 Å². The van der Waals surface area contributed by atoms with Gasteiger partial charge < -0.3 is 4.74 Å². The molecule has 1 heteroatoms. The van der Waals surface area contributed by atoms with Crippen molar-refractivity contribution in [3.05, 3.63) is 42.0 Å². The SMILES string of the molecule is C/C=C/COc1cccc(CCC2CCC(CCC)CC2)c1. The first kappa shape index (κ1) is 17.1. The van der Waals surface area contributed by atoms with Crippen LogP contribution in [0.4, 0.5) is 0 Å². The first-order valence-corrected chi connectivity index (χ1v) is 9.14. The van der Waals surface area contributed by atoms with Crippen molar-refractivity contribution in [1.29, 1.82) is 0 Å². The van der Waals surface area contributed by atoms with Gasteiger partial charge in [-0.1, -0.05) is 69.7 Å². The van der Waals surface area contributed by atoms with E-state index in [0.29, 0.717) is 6.61 Å². The average Bonchev–Trinajstić information content (AvgIpc) is 2.55. The van der Waals surface area contributed by atoms with Gasteiger partial charge in [-0.3, -0.25) is 0 Å². The van der Waals surface area contributed by atoms with Crippen LogP contribution < -0.4 is 4.74 Å². The number of benzene rings is 1. The minimum atomic E-state index is 0.668. The molecule has 0 aliphatic heterocycles. The zero-order valence-corrected chi connectivity index (χ0v) is 14.4. The Labute approximate surface area is 136 Å². The molecule has 0 heterocycles. The monoisotopic (exact) mass is 300 g/mol. The van der Waals surface area contributed by atoms with Crippen molar-refractivity contribution in [3.8, 4) is 5.75 Å². The maximum absolute atomic E-state index is 5.73. The molecule has 0 radical (unpaired) electrons. The highest BCUT2D eigenvalue weighted by Crippen LogP contribution is 2.33. The van der Waals surface area contributed by atoms with E-state index in [4.69, 9.17) is 4.74 Å². The second-order valence-corrected chi connectivity index (χ2v) is 6.74. The second kappa shape index (κ2) is 9.71. The summed E-state index contributed by atoms with van der Waals surface area (Å²) in [6.07, 6.45) is 15.2. The summed E-state index contributed by atoms with van der Waals surface area (Å²) in [4.78, 5) is 0. The zero-order valence-electron chi connectivity index (χ0n) is 14.4. The van der Waals surface area contributed by atoms with Gasteiger partial charge in [0.05, 0.1) is 0 Å². The van der Waals surface area contributed by atoms with Crippen LogP contribution >= 0.6 is 0 Å². The van der Waals surface area contributed by atoms with E-state index in [1.807, 2.05) is 19.1 Å². The highest BCUT2D eigenvalue weighted by Gasteiger charge is 2.20. The zero-order chi connectivity index (χ0) is 15.6. The lowest BCUT2D eigenvalue weighted by Gasteiger charge is -2.28. The third kappa shape index (κ3) is 5.87. The number of aryl methyl sites for hydroxylation is 1. The molecule has 122 valence electrons. The van der Waals surface area contributed by atoms with Gasteiger partial charge in [0.15, 0.2) is 0 Å². The van der Waals surface area contributed by atoms with Gasteiger partial charge in [-0.2, -0.15) is 0 Å². The third-order valence-corrected chi connectivity index (χ3v) is 4.98. The van der Waals surface area contributed by atoms with E-state index in [-0.39, 0.29) is 0 Å². The van der Waals surface area contributed by atoms with Crippen LogP contribution in [0.1, 0.15) is 64.4 Å². The number of hydrogen-bond acceptors (Lipinski definition) is 1. The van der Waals surface area contributed by atoms with E-state index in [9.17, 15) is 0 Å². The summed E-state index contributed by atoms with van der Waals surface area (Å²) in [5.41, 5.74) is 1.42. The molecule has 1 nitrogen and oxygen atoms in total. The molecule has 0 spiro atoms. The highest BCUT2D eigenvalue weighted by atomic mass is 16.5. The van der Waals surface area contributed by atoms with Gasteiger partial charge in [-0.15, -0.1) is 0 Å². The van der Waals surface area contributed by atoms with E-state index >= 15 is 0 Å². The first-order chi connectivity index (χ1) is 10.8. The summed E-state index contributed by atoms with van der Waals surface area (Å²) >= 11 is 0. The van der Waals surface area contributed by atoms with Crippen molar-refractivity contribution >= 4 is 0 Å². The van der Waals surface area contributed by atoms with E-state index in [0.717, 1.165) is 17.6 Å². The maximum Gasteiger partial charge on any atom is 0.120 e. The van der Waals surface area contributed by atoms with Crippen LogP contribution in [-0.4, -0.2) is 6.61 Å². The van der Waals surface area contributed by atoms with Gasteiger partial charge in [0.2, 0.25) is 0 Å². The van der Waals surface area contributed by atoms with Crippen LogP contribution in [0.15, 0.2) is 36.4 Å². The molecule has 1 fully saturated rings. The van der Waals surface area contributed by atoms with E-state index in [1.54, 1.807) is 0 Å². The minimum absolute atomic E-state index is 0.668. The normalized spacial score (nSPS) is 22.1. The Morgan fingerprint density at radius 2 is 1.82 bits per heavy atom. The summed E-state index contributed by atoms with van der Waals surface area (Å²) in [7, 11) is 0. The fraction of sp³-hybridized carbons (Fsp3) is 0.619. The molecule has 0 bridgehead atoms. The third-order valence-electron chi connectivity index (χ3n) is 4.98. The highest BCUT2D eigenvalue weighted by molar-refractivity contribution is 5.28. The van der Waals surface area contributed by atoms with Crippen molar-refractivity contribution in [3.63, 3.8) is 0 Å². The lowest BCUT2D eigenvalue weighted by molar-refractivity contribution is 0.252. The van der Waals surface area contributed by atoms with Crippen LogP contribution in [0.3, 0.4) is 0 Å². The number of allylic oxidation sites excluding steroid dienone is 1. The lowest BCUT2D eigenvalue weighted by atomic mass is 9.78. The standard InChI is InChI=1S/C21H32O/c1-3-5-16-22-21-9-6-8-20(17-21)15-14-19-12-10-18(7-4-2)11-13-19/h3,5-6,8-9,17-19H,4,7,10-16H2,1-2H3/b5-3+. The molecule has 1 aliphatic carbocycles. The van der Waals surface area contributed by atoms with Crippen LogP contribution in [0, 0.1) is 11.8 Å². The Balaban J connectivity index is 1.74. The fourth-order valence-electron chi connectivity index (χ4n) is 3.62. The van der Waals surface area contributed by atoms with Gasteiger partial charge in [0.1, 0.15) is 12.4 Å². The Morgan fingerprint density at radius 3 is 2.50 bits per heavy atom. The summed E-state index contributed by atoms with van der Waals surface area (Å²) < 4.78 is 5.73.